The molecule has 3 amide bonds. The van der Waals surface area contributed by atoms with E-state index in [1.807, 2.05) is 27.9 Å². The standard InChI is InChI=1S/C44H47F5N8O4/c1-53-38-34(6-3-7-35(38)57(41(53)61)36-14-15-37(58)51-40(36)60)55-20-17-42(18-21-55)16-19-54(26-43(42,45)46)24-27-8-11-32(12-9-27)56-25-29-23-31(10-13-33(29)52-56)50-39(59)28-4-2-5-30(22-28)44(47,48)49/h2-7,10,13,22-23,25,27,32,36H,8-9,11-12,14-21,24,26H2,1H3,(H,50,59)(H,51,58,60). The van der Waals surface area contributed by atoms with Crippen LogP contribution in [0.4, 0.5) is 33.3 Å². The second kappa shape index (κ2) is 15.4. The number of nitrogens with one attached hydrogen (secondary N) is 2. The van der Waals surface area contributed by atoms with Gasteiger partial charge in [0.05, 0.1) is 40.4 Å². The number of carbonyl (C=O) groups excluding carboxylic acids is 3. The fourth-order valence-corrected chi connectivity index (χ4v) is 10.2. The van der Waals surface area contributed by atoms with Gasteiger partial charge in [-0.05, 0) is 112 Å². The lowest BCUT2D eigenvalue weighted by molar-refractivity contribution is -0.179. The highest BCUT2D eigenvalue weighted by Crippen LogP contribution is 2.52. The molecule has 17 heteroatoms. The molecule has 1 aliphatic carbocycles. The first-order valence-electron chi connectivity index (χ1n) is 21.0. The number of likely N-dealkylation sites (tertiary alicyclic amines) is 1. The highest BCUT2D eigenvalue weighted by atomic mass is 19.4. The number of hydrogen-bond donors (Lipinski definition) is 2. The van der Waals surface area contributed by atoms with E-state index in [2.05, 4.69) is 15.5 Å². The van der Waals surface area contributed by atoms with E-state index < -0.39 is 40.9 Å². The lowest BCUT2D eigenvalue weighted by atomic mass is 9.68. The summed E-state index contributed by atoms with van der Waals surface area (Å²) in [5.74, 6) is -4.11. The SMILES string of the molecule is Cn1c(=O)n(C2CCC(=O)NC2=O)c2cccc(N3CCC4(CCN(CC5CCC(n6cc7cc(NC(=O)c8cccc(C(F)(F)F)c8)ccc7n6)CC5)CC4(F)F)CC3)c21. The number of imide groups is 1. The third-order valence-corrected chi connectivity index (χ3v) is 13.7. The van der Waals surface area contributed by atoms with Gasteiger partial charge < -0.3 is 10.2 Å². The summed E-state index contributed by atoms with van der Waals surface area (Å²) >= 11 is 0. The van der Waals surface area contributed by atoms with Gasteiger partial charge in [0.2, 0.25) is 11.8 Å². The van der Waals surface area contributed by atoms with Gasteiger partial charge in [-0.15, -0.1) is 0 Å². The molecule has 1 atom stereocenters. The summed E-state index contributed by atoms with van der Waals surface area (Å²) in [5, 5.41) is 10.6. The van der Waals surface area contributed by atoms with Gasteiger partial charge >= 0.3 is 11.9 Å². The van der Waals surface area contributed by atoms with Gasteiger partial charge in [-0.2, -0.15) is 18.3 Å². The number of para-hydroxylation sites is 1. The predicted octanol–water partition coefficient (Wildman–Crippen LogP) is 7.30. The topological polar surface area (TPSA) is 126 Å². The van der Waals surface area contributed by atoms with Gasteiger partial charge in [-0.1, -0.05) is 12.1 Å². The summed E-state index contributed by atoms with van der Waals surface area (Å²) in [6.07, 6.45) is 2.20. The molecule has 3 saturated heterocycles. The summed E-state index contributed by atoms with van der Waals surface area (Å²) in [6, 6.07) is 14.3. The first-order chi connectivity index (χ1) is 29.1. The molecule has 1 spiro atoms. The molecule has 0 radical (unpaired) electrons. The fourth-order valence-electron chi connectivity index (χ4n) is 10.2. The summed E-state index contributed by atoms with van der Waals surface area (Å²) < 4.78 is 77.0. The van der Waals surface area contributed by atoms with Gasteiger partial charge in [-0.3, -0.25) is 38.4 Å². The van der Waals surface area contributed by atoms with Crippen LogP contribution in [0.2, 0.25) is 0 Å². The normalized spacial score (nSPS) is 23.4. The molecule has 0 bridgehead atoms. The number of halogens is 5. The van der Waals surface area contributed by atoms with Crippen molar-refractivity contribution in [3.05, 3.63) is 88.5 Å². The first-order valence-corrected chi connectivity index (χ1v) is 21.0. The fraction of sp³-hybridized carbons (Fsp3) is 0.477. The second-order valence-corrected chi connectivity index (χ2v) is 17.4. The first kappa shape index (κ1) is 40.8. The van der Waals surface area contributed by atoms with Crippen LogP contribution in [0, 0.1) is 11.3 Å². The van der Waals surface area contributed by atoms with E-state index in [-0.39, 0.29) is 48.5 Å². The molecule has 2 N–H and O–H groups in total. The highest BCUT2D eigenvalue weighted by Gasteiger charge is 2.57. The Balaban J connectivity index is 0.789. The molecule has 4 fully saturated rings. The van der Waals surface area contributed by atoms with Crippen molar-refractivity contribution in [2.45, 2.75) is 82.0 Å². The van der Waals surface area contributed by atoms with Crippen LogP contribution in [0.1, 0.15) is 85.8 Å². The molecule has 5 heterocycles. The highest BCUT2D eigenvalue weighted by molar-refractivity contribution is 6.05. The average Bonchev–Trinajstić information content (AvgIpc) is 3.77. The molecule has 5 aromatic rings. The third-order valence-electron chi connectivity index (χ3n) is 13.7. The number of fused-ring (bicyclic) bond motifs is 2. The van der Waals surface area contributed by atoms with E-state index in [1.165, 1.54) is 21.3 Å². The maximum absolute atomic E-state index is 16.3. The van der Waals surface area contributed by atoms with Crippen molar-refractivity contribution in [2.75, 3.05) is 42.9 Å². The maximum atomic E-state index is 16.3. The van der Waals surface area contributed by atoms with E-state index in [9.17, 15) is 32.3 Å². The molecule has 61 heavy (non-hydrogen) atoms. The predicted molar refractivity (Wildman–Crippen MR) is 219 cm³/mol. The van der Waals surface area contributed by atoms with Crippen LogP contribution in [0.15, 0.2) is 71.7 Å². The lowest BCUT2D eigenvalue weighted by Crippen LogP contribution is -2.59. The van der Waals surface area contributed by atoms with Crippen LogP contribution in [0.3, 0.4) is 0 Å². The van der Waals surface area contributed by atoms with Crippen molar-refractivity contribution in [2.24, 2.45) is 18.4 Å². The van der Waals surface area contributed by atoms with E-state index in [0.717, 1.165) is 54.4 Å². The Bertz CT molecular complexity index is 2580. The Hall–Kier alpha value is -5.58. The van der Waals surface area contributed by atoms with Crippen LogP contribution < -0.4 is 21.2 Å². The molecule has 12 nitrogen and oxygen atoms in total. The number of rotatable bonds is 7. The molecule has 1 unspecified atom stereocenters. The maximum Gasteiger partial charge on any atom is 0.416 e. The molecule has 9 rings (SSSR count). The minimum Gasteiger partial charge on any atom is -0.370 e. The molecular weight excluding hydrogens is 800 g/mol. The van der Waals surface area contributed by atoms with Crippen molar-refractivity contribution >= 4 is 51.0 Å². The quantitative estimate of drug-likeness (QED) is 0.130. The Morgan fingerprint density at radius 3 is 2.38 bits per heavy atom. The number of benzene rings is 3. The summed E-state index contributed by atoms with van der Waals surface area (Å²) in [6.45, 7) is 1.76. The number of imidazole rings is 1. The number of alkyl halides is 5. The Morgan fingerprint density at radius 2 is 1.66 bits per heavy atom. The van der Waals surface area contributed by atoms with Crippen molar-refractivity contribution in [3.8, 4) is 0 Å². The van der Waals surface area contributed by atoms with Crippen molar-refractivity contribution in [1.82, 2.24) is 29.1 Å². The molecule has 3 aliphatic heterocycles. The van der Waals surface area contributed by atoms with Crippen LogP contribution in [-0.2, 0) is 22.8 Å². The van der Waals surface area contributed by atoms with E-state index in [4.69, 9.17) is 5.10 Å². The van der Waals surface area contributed by atoms with Gasteiger partial charge in [-0.25, -0.2) is 13.6 Å². The van der Waals surface area contributed by atoms with Crippen molar-refractivity contribution < 1.29 is 36.3 Å². The minimum atomic E-state index is -4.56. The van der Waals surface area contributed by atoms with Crippen molar-refractivity contribution in [3.63, 3.8) is 0 Å². The Labute approximate surface area is 347 Å². The van der Waals surface area contributed by atoms with E-state index in [0.29, 0.717) is 62.2 Å². The number of hydrogen-bond acceptors (Lipinski definition) is 7. The van der Waals surface area contributed by atoms with E-state index in [1.54, 1.807) is 31.3 Å². The average molecular weight is 847 g/mol. The molecule has 4 aliphatic rings. The summed E-state index contributed by atoms with van der Waals surface area (Å²) in [5.41, 5.74) is 0.669. The second-order valence-electron chi connectivity index (χ2n) is 17.4. The van der Waals surface area contributed by atoms with Gasteiger partial charge in [0.25, 0.3) is 11.8 Å². The van der Waals surface area contributed by atoms with Gasteiger partial charge in [0, 0.05) is 61.4 Å². The monoisotopic (exact) mass is 846 g/mol. The Morgan fingerprint density at radius 1 is 0.918 bits per heavy atom. The zero-order valence-corrected chi connectivity index (χ0v) is 33.7. The van der Waals surface area contributed by atoms with Crippen LogP contribution >= 0.6 is 0 Å². The number of nitrogens with zero attached hydrogens (tertiary/aromatic N) is 6. The Kier molecular flexibility index (Phi) is 10.3. The zero-order chi connectivity index (χ0) is 42.8. The van der Waals surface area contributed by atoms with Gasteiger partial charge in [0.1, 0.15) is 6.04 Å². The number of aromatic nitrogens is 4. The summed E-state index contributed by atoms with van der Waals surface area (Å²) in [7, 11) is 1.65. The largest absolute Gasteiger partial charge is 0.416 e. The van der Waals surface area contributed by atoms with Crippen LogP contribution in [-0.4, -0.2) is 80.2 Å². The lowest BCUT2D eigenvalue weighted by Gasteiger charge is -2.52. The molecule has 322 valence electrons. The van der Waals surface area contributed by atoms with Crippen molar-refractivity contribution in [1.29, 1.82) is 0 Å². The molecular formula is C44H47F5N8O4. The third kappa shape index (κ3) is 7.58. The number of carbonyl (C=O) groups is 3. The molecule has 3 aromatic carbocycles. The minimum absolute atomic E-state index is 0.0975. The van der Waals surface area contributed by atoms with Gasteiger partial charge in [0.15, 0.2) is 0 Å². The molecule has 2 aromatic heterocycles. The number of amides is 3. The smallest absolute Gasteiger partial charge is 0.370 e. The van der Waals surface area contributed by atoms with Crippen LogP contribution in [0.5, 0.6) is 0 Å². The number of aryl methyl sites for hydroxylation is 1. The summed E-state index contributed by atoms with van der Waals surface area (Å²) in [4.78, 5) is 54.8. The number of anilines is 2. The van der Waals surface area contributed by atoms with Crippen LogP contribution in [0.25, 0.3) is 21.9 Å². The number of piperidine rings is 3. The van der Waals surface area contributed by atoms with E-state index >= 15 is 8.78 Å². The zero-order valence-electron chi connectivity index (χ0n) is 33.7. The molecule has 1 saturated carbocycles.